The predicted octanol–water partition coefficient (Wildman–Crippen LogP) is 1.32. The van der Waals surface area contributed by atoms with E-state index in [1.165, 1.54) is 0 Å². The van der Waals surface area contributed by atoms with Crippen molar-refractivity contribution in [1.29, 1.82) is 0 Å². The Morgan fingerprint density at radius 3 is 2.52 bits per heavy atom. The fourth-order valence-electron chi connectivity index (χ4n) is 2.81. The molecule has 0 spiro atoms. The van der Waals surface area contributed by atoms with Crippen molar-refractivity contribution in [3.8, 4) is 0 Å². The third-order valence-corrected chi connectivity index (χ3v) is 4.05. The standard InChI is InChI=1S/C16H22N2O3/c17-13-9-5-4-8-12(13)15(19)18-14(16(20)21)10-11-6-2-1-3-7-11/h1-3,6-7,12-14H,4-5,8-10,17H2,(H,18,19)(H,20,21). The molecule has 21 heavy (non-hydrogen) atoms. The van der Waals surface area contributed by atoms with Gasteiger partial charge >= 0.3 is 5.97 Å². The molecule has 0 bridgehead atoms. The molecule has 3 atom stereocenters. The first-order valence-electron chi connectivity index (χ1n) is 7.40. The van der Waals surface area contributed by atoms with E-state index in [-0.39, 0.29) is 24.3 Å². The summed E-state index contributed by atoms with van der Waals surface area (Å²) in [5, 5.41) is 11.9. The molecular formula is C16H22N2O3. The number of hydrogen-bond donors (Lipinski definition) is 3. The van der Waals surface area contributed by atoms with E-state index in [0.717, 1.165) is 31.2 Å². The summed E-state index contributed by atoms with van der Waals surface area (Å²) in [4.78, 5) is 23.6. The number of nitrogens with one attached hydrogen (secondary N) is 1. The maximum absolute atomic E-state index is 12.3. The molecule has 1 aromatic carbocycles. The van der Waals surface area contributed by atoms with Gasteiger partial charge in [-0.05, 0) is 18.4 Å². The van der Waals surface area contributed by atoms with E-state index < -0.39 is 12.0 Å². The zero-order chi connectivity index (χ0) is 15.2. The molecule has 1 fully saturated rings. The van der Waals surface area contributed by atoms with Gasteiger partial charge in [0.1, 0.15) is 6.04 Å². The largest absolute Gasteiger partial charge is 0.480 e. The van der Waals surface area contributed by atoms with E-state index in [1.54, 1.807) is 0 Å². The van der Waals surface area contributed by atoms with Gasteiger partial charge in [-0.3, -0.25) is 4.79 Å². The Morgan fingerprint density at radius 1 is 1.24 bits per heavy atom. The fraction of sp³-hybridized carbons (Fsp3) is 0.500. The minimum absolute atomic E-state index is 0.162. The van der Waals surface area contributed by atoms with Gasteiger partial charge in [0.15, 0.2) is 0 Å². The van der Waals surface area contributed by atoms with Gasteiger partial charge in [-0.1, -0.05) is 43.2 Å². The summed E-state index contributed by atoms with van der Waals surface area (Å²) in [5.74, 6) is -1.52. The number of carbonyl (C=O) groups is 2. The van der Waals surface area contributed by atoms with Crippen molar-refractivity contribution in [3.63, 3.8) is 0 Å². The van der Waals surface area contributed by atoms with E-state index in [1.807, 2.05) is 30.3 Å². The van der Waals surface area contributed by atoms with Gasteiger partial charge < -0.3 is 16.2 Å². The van der Waals surface area contributed by atoms with Crippen molar-refractivity contribution < 1.29 is 14.7 Å². The summed E-state index contributed by atoms with van der Waals surface area (Å²) < 4.78 is 0. The summed E-state index contributed by atoms with van der Waals surface area (Å²) in [7, 11) is 0. The topological polar surface area (TPSA) is 92.4 Å². The Balaban J connectivity index is 1.99. The molecule has 0 heterocycles. The lowest BCUT2D eigenvalue weighted by Crippen LogP contribution is -2.49. The van der Waals surface area contributed by atoms with Crippen molar-refractivity contribution in [2.45, 2.75) is 44.2 Å². The summed E-state index contributed by atoms with van der Waals surface area (Å²) >= 11 is 0. The van der Waals surface area contributed by atoms with Crippen LogP contribution in [-0.4, -0.2) is 29.1 Å². The number of carbonyl (C=O) groups excluding carboxylic acids is 1. The maximum atomic E-state index is 12.3. The lowest BCUT2D eigenvalue weighted by atomic mass is 9.84. The second-order valence-corrected chi connectivity index (χ2v) is 5.64. The van der Waals surface area contributed by atoms with E-state index in [2.05, 4.69) is 5.32 Å². The van der Waals surface area contributed by atoms with Crippen LogP contribution in [0.25, 0.3) is 0 Å². The van der Waals surface area contributed by atoms with Crippen LogP contribution in [0, 0.1) is 5.92 Å². The first kappa shape index (κ1) is 15.5. The van der Waals surface area contributed by atoms with Crippen molar-refractivity contribution >= 4 is 11.9 Å². The molecule has 114 valence electrons. The summed E-state index contributed by atoms with van der Waals surface area (Å²) in [6.07, 6.45) is 3.86. The quantitative estimate of drug-likeness (QED) is 0.762. The molecule has 1 aromatic rings. The molecule has 0 aromatic heterocycles. The Morgan fingerprint density at radius 2 is 1.90 bits per heavy atom. The normalized spacial score (nSPS) is 23.3. The van der Waals surface area contributed by atoms with Crippen LogP contribution >= 0.6 is 0 Å². The van der Waals surface area contributed by atoms with Crippen molar-refractivity contribution in [2.24, 2.45) is 11.7 Å². The summed E-state index contributed by atoms with van der Waals surface area (Å²) in [6, 6.07) is 8.22. The van der Waals surface area contributed by atoms with Crippen molar-refractivity contribution in [1.82, 2.24) is 5.32 Å². The van der Waals surface area contributed by atoms with Crippen LogP contribution in [0.15, 0.2) is 30.3 Å². The Hall–Kier alpha value is -1.88. The van der Waals surface area contributed by atoms with Gasteiger partial charge in [-0.2, -0.15) is 0 Å². The average molecular weight is 290 g/mol. The first-order valence-corrected chi connectivity index (χ1v) is 7.40. The number of carboxylic acid groups (broad SMARTS) is 1. The SMILES string of the molecule is NC1CCCCC1C(=O)NC(Cc1ccccc1)C(=O)O. The second-order valence-electron chi connectivity index (χ2n) is 5.64. The number of nitrogens with two attached hydrogens (primary N) is 1. The number of carboxylic acids is 1. The first-order chi connectivity index (χ1) is 10.1. The van der Waals surface area contributed by atoms with Gasteiger partial charge in [-0.15, -0.1) is 0 Å². The number of hydrogen-bond acceptors (Lipinski definition) is 3. The molecular weight excluding hydrogens is 268 g/mol. The van der Waals surface area contributed by atoms with Crippen LogP contribution in [0.5, 0.6) is 0 Å². The van der Waals surface area contributed by atoms with Gasteiger partial charge in [0.05, 0.1) is 5.92 Å². The monoisotopic (exact) mass is 290 g/mol. The molecule has 0 aliphatic heterocycles. The molecule has 1 aliphatic carbocycles. The number of rotatable bonds is 5. The van der Waals surface area contributed by atoms with Crippen LogP contribution < -0.4 is 11.1 Å². The molecule has 1 amide bonds. The summed E-state index contributed by atoms with van der Waals surface area (Å²) in [6.45, 7) is 0. The van der Waals surface area contributed by atoms with E-state index in [4.69, 9.17) is 5.73 Å². The van der Waals surface area contributed by atoms with Crippen molar-refractivity contribution in [3.05, 3.63) is 35.9 Å². The zero-order valence-corrected chi connectivity index (χ0v) is 12.0. The van der Waals surface area contributed by atoms with E-state index in [0.29, 0.717) is 0 Å². The van der Waals surface area contributed by atoms with Crippen LogP contribution in [0.1, 0.15) is 31.2 Å². The van der Waals surface area contributed by atoms with Crippen LogP contribution in [0.4, 0.5) is 0 Å². The number of aliphatic carboxylic acids is 1. The number of amides is 1. The van der Waals surface area contributed by atoms with E-state index >= 15 is 0 Å². The third-order valence-electron chi connectivity index (χ3n) is 4.05. The molecule has 3 unspecified atom stereocenters. The maximum Gasteiger partial charge on any atom is 0.326 e. The van der Waals surface area contributed by atoms with Crippen LogP contribution in [0.2, 0.25) is 0 Å². The lowest BCUT2D eigenvalue weighted by Gasteiger charge is -2.28. The molecule has 5 nitrogen and oxygen atoms in total. The Labute approximate surface area is 124 Å². The highest BCUT2D eigenvalue weighted by Crippen LogP contribution is 2.23. The third kappa shape index (κ3) is 4.29. The van der Waals surface area contributed by atoms with Gasteiger partial charge in [0.25, 0.3) is 0 Å². The Kier molecular flexibility index (Phi) is 5.33. The molecule has 1 aliphatic rings. The Bertz CT molecular complexity index is 490. The van der Waals surface area contributed by atoms with Crippen LogP contribution in [0.3, 0.4) is 0 Å². The smallest absolute Gasteiger partial charge is 0.326 e. The minimum atomic E-state index is -1.02. The minimum Gasteiger partial charge on any atom is -0.480 e. The number of benzene rings is 1. The molecule has 0 radical (unpaired) electrons. The van der Waals surface area contributed by atoms with Gasteiger partial charge in [-0.25, -0.2) is 4.79 Å². The second kappa shape index (κ2) is 7.22. The van der Waals surface area contributed by atoms with Crippen molar-refractivity contribution in [2.75, 3.05) is 0 Å². The highest BCUT2D eigenvalue weighted by molar-refractivity contribution is 5.85. The zero-order valence-electron chi connectivity index (χ0n) is 12.0. The van der Waals surface area contributed by atoms with E-state index in [9.17, 15) is 14.7 Å². The summed E-state index contributed by atoms with van der Waals surface area (Å²) in [5.41, 5.74) is 6.86. The molecule has 0 saturated heterocycles. The fourth-order valence-corrected chi connectivity index (χ4v) is 2.81. The molecule has 1 saturated carbocycles. The predicted molar refractivity (Wildman–Crippen MR) is 79.6 cm³/mol. The van der Waals surface area contributed by atoms with Crippen LogP contribution in [-0.2, 0) is 16.0 Å². The molecule has 2 rings (SSSR count). The highest BCUT2D eigenvalue weighted by atomic mass is 16.4. The average Bonchev–Trinajstić information content (AvgIpc) is 2.48. The highest BCUT2D eigenvalue weighted by Gasteiger charge is 2.31. The molecule has 5 heteroatoms. The van der Waals surface area contributed by atoms with Gasteiger partial charge in [0, 0.05) is 12.5 Å². The lowest BCUT2D eigenvalue weighted by molar-refractivity contribution is -0.142. The molecule has 4 N–H and O–H groups in total. The van der Waals surface area contributed by atoms with Gasteiger partial charge in [0.2, 0.25) is 5.91 Å².